The highest BCUT2D eigenvalue weighted by Crippen LogP contribution is 2.28. The molecule has 174 valence electrons. The first-order valence-electron chi connectivity index (χ1n) is 9.02. The Hall–Kier alpha value is -4.50. The van der Waals surface area contributed by atoms with E-state index in [1.54, 1.807) is 0 Å². The number of nitrogens with one attached hydrogen (secondary N) is 3. The molecule has 1 aromatic carbocycles. The molecule has 0 spiro atoms. The third kappa shape index (κ3) is 8.89. The van der Waals surface area contributed by atoms with Crippen LogP contribution < -0.4 is 27.4 Å². The topological polar surface area (TPSA) is 258 Å². The molecule has 0 saturated heterocycles. The van der Waals surface area contributed by atoms with Crippen LogP contribution in [0.5, 0.6) is 0 Å². The van der Waals surface area contributed by atoms with Gasteiger partial charge < -0.3 is 32.5 Å². The van der Waals surface area contributed by atoms with Crippen molar-refractivity contribution in [3.63, 3.8) is 0 Å². The van der Waals surface area contributed by atoms with E-state index in [1.807, 2.05) is 0 Å². The van der Waals surface area contributed by atoms with Gasteiger partial charge in [-0.15, -0.1) is 0 Å². The van der Waals surface area contributed by atoms with Gasteiger partial charge in [0.2, 0.25) is 11.8 Å². The van der Waals surface area contributed by atoms with Crippen LogP contribution in [0, 0.1) is 20.2 Å². The van der Waals surface area contributed by atoms with Crippen LogP contribution in [0.1, 0.15) is 12.8 Å². The highest BCUT2D eigenvalue weighted by Gasteiger charge is 2.21. The van der Waals surface area contributed by atoms with E-state index in [2.05, 4.69) is 20.9 Å². The lowest BCUT2D eigenvalue weighted by atomic mass is 10.1. The molecule has 0 unspecified atom stereocenters. The quantitative estimate of drug-likeness (QED) is 0.0667. The zero-order valence-electron chi connectivity index (χ0n) is 16.6. The number of guanidine groups is 1. The maximum Gasteiger partial charge on any atom is 0.326 e. The van der Waals surface area contributed by atoms with Crippen molar-refractivity contribution in [1.29, 1.82) is 0 Å². The maximum atomic E-state index is 11.9. The second-order valence-corrected chi connectivity index (χ2v) is 6.25. The van der Waals surface area contributed by atoms with Gasteiger partial charge in [0.25, 0.3) is 11.4 Å². The van der Waals surface area contributed by atoms with Gasteiger partial charge >= 0.3 is 5.97 Å². The van der Waals surface area contributed by atoms with E-state index in [4.69, 9.17) is 16.6 Å². The number of carboxylic acids is 1. The number of carboxylic acid groups (broad SMARTS) is 1. The SMILES string of the molecule is NC(N)=NCCC[C@H](NC(=O)CNC(=O)CNc1ccc([N+](=O)[O-])cc1[N+](=O)[O-])C(=O)O. The third-order valence-corrected chi connectivity index (χ3v) is 3.85. The van der Waals surface area contributed by atoms with Gasteiger partial charge in [-0.3, -0.25) is 34.8 Å². The Bertz CT molecular complexity index is 915. The molecule has 8 N–H and O–H groups in total. The number of carbonyl (C=O) groups excluding carboxylic acids is 2. The minimum atomic E-state index is -1.28. The van der Waals surface area contributed by atoms with Gasteiger partial charge in [-0.2, -0.15) is 0 Å². The summed E-state index contributed by atoms with van der Waals surface area (Å²) in [5.74, 6) is -2.92. The molecule has 32 heavy (non-hydrogen) atoms. The fourth-order valence-electron chi connectivity index (χ4n) is 2.36. The molecule has 2 amide bonds. The van der Waals surface area contributed by atoms with Crippen molar-refractivity contribution in [3.05, 3.63) is 38.4 Å². The number of hydrogen-bond donors (Lipinski definition) is 6. The first kappa shape index (κ1) is 25.5. The molecule has 1 atom stereocenters. The molecule has 0 radical (unpaired) electrons. The first-order chi connectivity index (χ1) is 15.0. The maximum absolute atomic E-state index is 11.9. The van der Waals surface area contributed by atoms with Crippen LogP contribution in [0.4, 0.5) is 17.1 Å². The van der Waals surface area contributed by atoms with Gasteiger partial charge in [-0.05, 0) is 18.9 Å². The monoisotopic (exact) mass is 454 g/mol. The van der Waals surface area contributed by atoms with E-state index in [0.29, 0.717) is 6.42 Å². The summed E-state index contributed by atoms with van der Waals surface area (Å²) in [6, 6.07) is 1.64. The van der Waals surface area contributed by atoms with Crippen molar-refractivity contribution in [2.24, 2.45) is 16.5 Å². The fraction of sp³-hybridized carbons (Fsp3) is 0.375. The molecule has 1 aromatic rings. The summed E-state index contributed by atoms with van der Waals surface area (Å²) in [6.07, 6.45) is 0.344. The molecule has 0 heterocycles. The van der Waals surface area contributed by atoms with Crippen molar-refractivity contribution in [2.45, 2.75) is 18.9 Å². The van der Waals surface area contributed by atoms with Crippen LogP contribution in [0.15, 0.2) is 23.2 Å². The smallest absolute Gasteiger partial charge is 0.326 e. The van der Waals surface area contributed by atoms with Crippen LogP contribution in [0.25, 0.3) is 0 Å². The Labute approximate surface area is 180 Å². The summed E-state index contributed by atoms with van der Waals surface area (Å²) < 4.78 is 0. The van der Waals surface area contributed by atoms with Gasteiger partial charge in [0.1, 0.15) is 11.7 Å². The van der Waals surface area contributed by atoms with Crippen molar-refractivity contribution < 1.29 is 29.3 Å². The molecule has 0 bridgehead atoms. The summed E-state index contributed by atoms with van der Waals surface area (Å²) in [5.41, 5.74) is 9.09. The number of rotatable bonds is 13. The second kappa shape index (κ2) is 12.3. The highest BCUT2D eigenvalue weighted by atomic mass is 16.6. The Morgan fingerprint density at radius 3 is 2.34 bits per heavy atom. The van der Waals surface area contributed by atoms with Crippen LogP contribution in [-0.2, 0) is 14.4 Å². The number of aliphatic imine (C=N–C) groups is 1. The summed E-state index contributed by atoms with van der Waals surface area (Å²) >= 11 is 0. The number of hydrogen-bond acceptors (Lipinski definition) is 9. The average Bonchev–Trinajstić information content (AvgIpc) is 2.72. The molecule has 0 fully saturated rings. The van der Waals surface area contributed by atoms with Gasteiger partial charge in [-0.25, -0.2) is 4.79 Å². The van der Waals surface area contributed by atoms with Crippen molar-refractivity contribution in [3.8, 4) is 0 Å². The van der Waals surface area contributed by atoms with Crippen molar-refractivity contribution in [2.75, 3.05) is 25.0 Å². The number of non-ortho nitro benzene ring substituents is 1. The molecule has 16 heteroatoms. The number of anilines is 1. The van der Waals surface area contributed by atoms with Gasteiger partial charge in [-0.1, -0.05) is 0 Å². The number of benzene rings is 1. The third-order valence-electron chi connectivity index (χ3n) is 3.85. The summed E-state index contributed by atoms with van der Waals surface area (Å²) in [6.45, 7) is -0.841. The Morgan fingerprint density at radius 2 is 1.78 bits per heavy atom. The van der Waals surface area contributed by atoms with Crippen LogP contribution >= 0.6 is 0 Å². The lowest BCUT2D eigenvalue weighted by molar-refractivity contribution is -0.393. The van der Waals surface area contributed by atoms with Crippen molar-refractivity contribution >= 4 is 40.8 Å². The largest absolute Gasteiger partial charge is 0.480 e. The normalized spacial score (nSPS) is 11.0. The van der Waals surface area contributed by atoms with E-state index in [-0.39, 0.29) is 24.6 Å². The predicted molar refractivity (Wildman–Crippen MR) is 111 cm³/mol. The number of nitro groups is 2. The molecule has 0 aliphatic carbocycles. The lowest BCUT2D eigenvalue weighted by Crippen LogP contribution is -2.46. The second-order valence-electron chi connectivity index (χ2n) is 6.25. The number of nitro benzene ring substituents is 2. The van der Waals surface area contributed by atoms with E-state index < -0.39 is 58.1 Å². The Balaban J connectivity index is 2.54. The zero-order valence-corrected chi connectivity index (χ0v) is 16.6. The molecule has 0 aliphatic heterocycles. The minimum absolute atomic E-state index is 0.0527. The molecule has 0 saturated carbocycles. The van der Waals surface area contributed by atoms with Crippen LogP contribution in [-0.4, -0.2) is 64.4 Å². The average molecular weight is 454 g/mol. The number of nitrogens with two attached hydrogens (primary N) is 2. The zero-order chi connectivity index (χ0) is 24.3. The number of carbonyl (C=O) groups is 3. The van der Waals surface area contributed by atoms with Gasteiger partial charge in [0.15, 0.2) is 5.96 Å². The minimum Gasteiger partial charge on any atom is -0.480 e. The number of amides is 2. The fourth-order valence-corrected chi connectivity index (χ4v) is 2.36. The lowest BCUT2D eigenvalue weighted by Gasteiger charge is -2.14. The number of aliphatic carboxylic acids is 1. The van der Waals surface area contributed by atoms with E-state index >= 15 is 0 Å². The summed E-state index contributed by atoms with van der Waals surface area (Å²) in [7, 11) is 0. The molecule has 1 rings (SSSR count). The van der Waals surface area contributed by atoms with E-state index in [0.717, 1.165) is 18.2 Å². The van der Waals surface area contributed by atoms with Gasteiger partial charge in [0, 0.05) is 12.6 Å². The number of nitrogens with zero attached hydrogens (tertiary/aromatic N) is 3. The Kier molecular flexibility index (Phi) is 9.78. The highest BCUT2D eigenvalue weighted by molar-refractivity contribution is 5.89. The predicted octanol–water partition coefficient (Wildman–Crippen LogP) is -1.35. The van der Waals surface area contributed by atoms with E-state index in [9.17, 15) is 34.6 Å². The molecule has 0 aromatic heterocycles. The summed E-state index contributed by atoms with van der Waals surface area (Å²) in [5, 5.41) is 37.8. The molecule has 16 nitrogen and oxygen atoms in total. The standard InChI is InChI=1S/C16H22N8O8/c17-16(18)19-5-1-2-11(15(27)28)22-14(26)8-21-13(25)7-20-10-4-3-9(23(29)30)6-12(10)24(31)32/h3-4,6,11,20H,1-2,5,7-8H2,(H,21,25)(H,22,26)(H,27,28)(H4,17,18,19)/t11-/m0/s1. The Morgan fingerprint density at radius 1 is 1.09 bits per heavy atom. The van der Waals surface area contributed by atoms with Crippen LogP contribution in [0.2, 0.25) is 0 Å². The first-order valence-corrected chi connectivity index (χ1v) is 9.02. The van der Waals surface area contributed by atoms with Crippen molar-refractivity contribution in [1.82, 2.24) is 10.6 Å². The van der Waals surface area contributed by atoms with Crippen LogP contribution in [0.3, 0.4) is 0 Å². The molecule has 0 aliphatic rings. The summed E-state index contributed by atoms with van der Waals surface area (Å²) in [4.78, 5) is 58.8. The molecular formula is C16H22N8O8. The van der Waals surface area contributed by atoms with E-state index in [1.165, 1.54) is 0 Å². The van der Waals surface area contributed by atoms with Gasteiger partial charge in [0.05, 0.1) is 29.0 Å². The molecular weight excluding hydrogens is 432 g/mol.